The van der Waals surface area contributed by atoms with Crippen LogP contribution in [-0.4, -0.2) is 27.6 Å². The molecule has 1 aromatic rings. The number of carbonyl (C=O) groups excluding carboxylic acids is 1. The molecule has 1 aromatic carbocycles. The van der Waals surface area contributed by atoms with Gasteiger partial charge in [-0.3, -0.25) is 14.9 Å². The van der Waals surface area contributed by atoms with E-state index in [1.807, 2.05) is 0 Å². The molecule has 0 radical (unpaired) electrons. The smallest absolute Gasteiger partial charge is 0.328 e. The van der Waals surface area contributed by atoms with Gasteiger partial charge in [0.15, 0.2) is 0 Å². The number of non-ortho nitro benzene ring substituents is 1. The van der Waals surface area contributed by atoms with E-state index in [9.17, 15) is 19.7 Å². The van der Waals surface area contributed by atoms with Crippen LogP contribution in [0.15, 0.2) is 41.5 Å². The monoisotopic (exact) mass is 294 g/mol. The van der Waals surface area contributed by atoms with Crippen LogP contribution < -0.4 is 11.6 Å². The first kappa shape index (κ1) is 17.9. The predicted molar refractivity (Wildman–Crippen MR) is 75.2 cm³/mol. The Labute approximate surface area is 119 Å². The van der Waals surface area contributed by atoms with E-state index in [1.165, 1.54) is 18.2 Å². The fourth-order valence-electron chi connectivity index (χ4n) is 1.23. The Morgan fingerprint density at radius 1 is 1.38 bits per heavy atom. The van der Waals surface area contributed by atoms with Crippen LogP contribution in [-0.2, 0) is 9.59 Å². The Morgan fingerprint density at radius 3 is 2.62 bits per heavy atom. The SMILES string of the molecule is C/C(=N\NC(=O)/C=C/C(=O)O)c1cccc([N+](=O)[O-])c1.N. The van der Waals surface area contributed by atoms with E-state index in [2.05, 4.69) is 10.5 Å². The average molecular weight is 294 g/mol. The Morgan fingerprint density at radius 2 is 2.05 bits per heavy atom. The van der Waals surface area contributed by atoms with Crippen molar-refractivity contribution in [3.8, 4) is 0 Å². The van der Waals surface area contributed by atoms with E-state index in [1.54, 1.807) is 13.0 Å². The predicted octanol–water partition coefficient (Wildman–Crippen LogP) is 1.24. The Bertz CT molecular complexity index is 609. The molecule has 0 aliphatic rings. The molecular formula is C12H14N4O5. The lowest BCUT2D eigenvalue weighted by molar-refractivity contribution is -0.384. The number of carbonyl (C=O) groups is 2. The highest BCUT2D eigenvalue weighted by atomic mass is 16.6. The Balaban J connectivity index is 0.00000400. The van der Waals surface area contributed by atoms with E-state index in [4.69, 9.17) is 5.11 Å². The van der Waals surface area contributed by atoms with E-state index >= 15 is 0 Å². The fourth-order valence-corrected chi connectivity index (χ4v) is 1.23. The molecule has 112 valence electrons. The molecule has 1 rings (SSSR count). The zero-order valence-electron chi connectivity index (χ0n) is 11.1. The van der Waals surface area contributed by atoms with Gasteiger partial charge in [0.2, 0.25) is 0 Å². The minimum absolute atomic E-state index is 0. The summed E-state index contributed by atoms with van der Waals surface area (Å²) in [5.74, 6) is -1.96. The fraction of sp³-hybridized carbons (Fsp3) is 0.0833. The summed E-state index contributed by atoms with van der Waals surface area (Å²) in [6.07, 6.45) is 1.49. The second-order valence-corrected chi connectivity index (χ2v) is 3.65. The van der Waals surface area contributed by atoms with Gasteiger partial charge in [0.25, 0.3) is 11.6 Å². The highest BCUT2D eigenvalue weighted by Gasteiger charge is 2.07. The number of benzene rings is 1. The van der Waals surface area contributed by atoms with E-state index < -0.39 is 16.8 Å². The van der Waals surface area contributed by atoms with Gasteiger partial charge in [0.05, 0.1) is 10.6 Å². The number of nitrogens with one attached hydrogen (secondary N) is 1. The second-order valence-electron chi connectivity index (χ2n) is 3.65. The van der Waals surface area contributed by atoms with Gasteiger partial charge in [-0.15, -0.1) is 0 Å². The van der Waals surface area contributed by atoms with Gasteiger partial charge < -0.3 is 11.3 Å². The first-order chi connectivity index (χ1) is 9.40. The Hall–Kier alpha value is -3.07. The molecule has 5 N–H and O–H groups in total. The molecule has 9 heteroatoms. The number of rotatable bonds is 5. The summed E-state index contributed by atoms with van der Waals surface area (Å²) in [6.45, 7) is 1.56. The number of aliphatic carboxylic acids is 1. The number of nitro groups is 1. The molecule has 21 heavy (non-hydrogen) atoms. The molecule has 0 saturated heterocycles. The van der Waals surface area contributed by atoms with Crippen LogP contribution in [0.25, 0.3) is 0 Å². The largest absolute Gasteiger partial charge is 0.478 e. The maximum absolute atomic E-state index is 11.2. The number of hydrazone groups is 1. The van der Waals surface area contributed by atoms with Gasteiger partial charge in [0.1, 0.15) is 0 Å². The van der Waals surface area contributed by atoms with Gasteiger partial charge in [0, 0.05) is 29.8 Å². The summed E-state index contributed by atoms with van der Waals surface area (Å²) < 4.78 is 0. The van der Waals surface area contributed by atoms with Gasteiger partial charge in [-0.2, -0.15) is 5.10 Å². The van der Waals surface area contributed by atoms with Gasteiger partial charge in [-0.25, -0.2) is 10.2 Å². The third kappa shape index (κ3) is 6.07. The lowest BCUT2D eigenvalue weighted by Crippen LogP contribution is -2.17. The van der Waals surface area contributed by atoms with Gasteiger partial charge in [-0.1, -0.05) is 12.1 Å². The zero-order valence-corrected chi connectivity index (χ0v) is 11.1. The first-order valence-electron chi connectivity index (χ1n) is 5.40. The van der Waals surface area contributed by atoms with Crippen molar-refractivity contribution in [2.75, 3.05) is 0 Å². The van der Waals surface area contributed by atoms with Crippen LogP contribution in [0.5, 0.6) is 0 Å². The molecule has 0 aromatic heterocycles. The maximum Gasteiger partial charge on any atom is 0.328 e. The highest BCUT2D eigenvalue weighted by Crippen LogP contribution is 2.13. The number of amides is 1. The summed E-state index contributed by atoms with van der Waals surface area (Å²) in [7, 11) is 0. The van der Waals surface area contributed by atoms with Crippen LogP contribution in [0.3, 0.4) is 0 Å². The van der Waals surface area contributed by atoms with Crippen LogP contribution >= 0.6 is 0 Å². The quantitative estimate of drug-likeness (QED) is 0.321. The summed E-state index contributed by atoms with van der Waals surface area (Å²) in [5, 5.41) is 22.7. The van der Waals surface area contributed by atoms with Crippen molar-refractivity contribution in [2.24, 2.45) is 5.10 Å². The number of nitro benzene ring substituents is 1. The minimum Gasteiger partial charge on any atom is -0.478 e. The van der Waals surface area contributed by atoms with Crippen LogP contribution in [0, 0.1) is 10.1 Å². The summed E-state index contributed by atoms with van der Waals surface area (Å²) in [6, 6.07) is 5.76. The number of hydrogen-bond acceptors (Lipinski definition) is 6. The van der Waals surface area contributed by atoms with Crippen molar-refractivity contribution in [1.82, 2.24) is 11.6 Å². The average Bonchev–Trinajstić information content (AvgIpc) is 2.42. The molecule has 0 saturated carbocycles. The third-order valence-electron chi connectivity index (χ3n) is 2.19. The van der Waals surface area contributed by atoms with Crippen molar-refractivity contribution in [3.63, 3.8) is 0 Å². The maximum atomic E-state index is 11.2. The van der Waals surface area contributed by atoms with Crippen molar-refractivity contribution < 1.29 is 19.6 Å². The van der Waals surface area contributed by atoms with E-state index in [0.29, 0.717) is 17.4 Å². The first-order valence-corrected chi connectivity index (χ1v) is 5.40. The van der Waals surface area contributed by atoms with E-state index in [-0.39, 0.29) is 11.8 Å². The molecule has 1 amide bonds. The topological polar surface area (TPSA) is 157 Å². The number of nitrogens with zero attached hydrogens (tertiary/aromatic N) is 2. The lowest BCUT2D eigenvalue weighted by Gasteiger charge is -2.01. The third-order valence-corrected chi connectivity index (χ3v) is 2.19. The van der Waals surface area contributed by atoms with Crippen LogP contribution in [0.4, 0.5) is 5.69 Å². The summed E-state index contributed by atoms with van der Waals surface area (Å²) in [4.78, 5) is 31.5. The van der Waals surface area contributed by atoms with Gasteiger partial charge >= 0.3 is 5.97 Å². The van der Waals surface area contributed by atoms with Gasteiger partial charge in [-0.05, 0) is 6.92 Å². The number of carboxylic acids is 1. The minimum atomic E-state index is -1.25. The summed E-state index contributed by atoms with van der Waals surface area (Å²) >= 11 is 0. The normalized spacial score (nSPS) is 10.8. The molecule has 0 atom stereocenters. The molecule has 0 aliphatic carbocycles. The lowest BCUT2D eigenvalue weighted by atomic mass is 10.1. The zero-order chi connectivity index (χ0) is 15.1. The Kier molecular flexibility index (Phi) is 6.98. The van der Waals surface area contributed by atoms with Crippen LogP contribution in [0.2, 0.25) is 0 Å². The van der Waals surface area contributed by atoms with E-state index in [0.717, 1.165) is 6.08 Å². The molecular weight excluding hydrogens is 280 g/mol. The van der Waals surface area contributed by atoms with Crippen molar-refractivity contribution >= 4 is 23.3 Å². The molecule has 0 spiro atoms. The van der Waals surface area contributed by atoms with Crippen LogP contribution in [0.1, 0.15) is 12.5 Å². The molecule has 9 nitrogen and oxygen atoms in total. The second kappa shape index (κ2) is 8.17. The number of carboxylic acid groups (broad SMARTS) is 1. The molecule has 0 aliphatic heterocycles. The molecule has 0 bridgehead atoms. The number of hydrogen-bond donors (Lipinski definition) is 3. The van der Waals surface area contributed by atoms with Crippen molar-refractivity contribution in [3.05, 3.63) is 52.1 Å². The highest BCUT2D eigenvalue weighted by molar-refractivity contribution is 6.00. The molecule has 0 heterocycles. The molecule has 0 fully saturated rings. The van der Waals surface area contributed by atoms with Crippen molar-refractivity contribution in [2.45, 2.75) is 6.92 Å². The molecule has 0 unspecified atom stereocenters. The van der Waals surface area contributed by atoms with Crippen molar-refractivity contribution in [1.29, 1.82) is 0 Å². The summed E-state index contributed by atoms with van der Waals surface area (Å²) in [5.41, 5.74) is 2.85. The standard InChI is InChI=1S/C12H11N3O5.H3N/c1-8(13-14-11(16)5-6-12(17)18)9-3-2-4-10(7-9)15(19)20;/h2-7H,1H3,(H,14,16)(H,17,18);1H3/b6-5+,13-8+;.